The van der Waals surface area contributed by atoms with E-state index < -0.39 is 35.2 Å². The lowest BCUT2D eigenvalue weighted by molar-refractivity contribution is -0.123. The number of anilines is 1. The van der Waals surface area contributed by atoms with Crippen LogP contribution in [0.3, 0.4) is 0 Å². The monoisotopic (exact) mass is 319 g/mol. The number of carbonyl (C=O) groups is 2. The van der Waals surface area contributed by atoms with E-state index in [9.17, 15) is 18.4 Å². The fourth-order valence-electron chi connectivity index (χ4n) is 1.90. The summed E-state index contributed by atoms with van der Waals surface area (Å²) in [7, 11) is 0. The Balaban J connectivity index is 2.01. The smallest absolute Gasteiger partial charge is 0.341 e. The van der Waals surface area contributed by atoms with Crippen LogP contribution >= 0.6 is 0 Å². The van der Waals surface area contributed by atoms with Gasteiger partial charge in [0.15, 0.2) is 6.10 Å². The van der Waals surface area contributed by atoms with Gasteiger partial charge in [-0.15, -0.1) is 0 Å². The lowest BCUT2D eigenvalue weighted by Gasteiger charge is -2.14. The number of aryl methyl sites for hydroxylation is 1. The van der Waals surface area contributed by atoms with Crippen molar-refractivity contribution in [2.45, 2.75) is 20.0 Å². The molecule has 0 aliphatic heterocycles. The topological polar surface area (TPSA) is 55.4 Å². The number of nitrogens with one attached hydrogen (secondary N) is 1. The van der Waals surface area contributed by atoms with Crippen LogP contribution < -0.4 is 5.32 Å². The second kappa shape index (κ2) is 7.00. The van der Waals surface area contributed by atoms with Crippen molar-refractivity contribution in [1.82, 2.24) is 0 Å². The van der Waals surface area contributed by atoms with Crippen LogP contribution in [0, 0.1) is 18.6 Å². The van der Waals surface area contributed by atoms with Crippen LogP contribution in [0.1, 0.15) is 22.8 Å². The molecule has 0 aliphatic rings. The minimum atomic E-state index is -1.13. The van der Waals surface area contributed by atoms with Gasteiger partial charge in [-0.1, -0.05) is 12.1 Å². The zero-order valence-corrected chi connectivity index (χ0v) is 12.6. The molecule has 0 aromatic heterocycles. The van der Waals surface area contributed by atoms with E-state index in [1.165, 1.54) is 6.92 Å². The number of carbonyl (C=O) groups excluding carboxylic acids is 2. The van der Waals surface area contributed by atoms with E-state index in [4.69, 9.17) is 4.74 Å². The van der Waals surface area contributed by atoms with E-state index in [1.54, 1.807) is 18.2 Å². The van der Waals surface area contributed by atoms with Crippen molar-refractivity contribution in [1.29, 1.82) is 0 Å². The molecule has 4 nitrogen and oxygen atoms in total. The summed E-state index contributed by atoms with van der Waals surface area (Å²) < 4.78 is 31.2. The van der Waals surface area contributed by atoms with E-state index in [1.807, 2.05) is 13.0 Å². The fourth-order valence-corrected chi connectivity index (χ4v) is 1.90. The van der Waals surface area contributed by atoms with Gasteiger partial charge in [-0.2, -0.15) is 0 Å². The maximum atomic E-state index is 13.5. The first-order chi connectivity index (χ1) is 10.9. The lowest BCUT2D eigenvalue weighted by atomic mass is 10.2. The van der Waals surface area contributed by atoms with E-state index in [-0.39, 0.29) is 0 Å². The number of halogens is 2. The van der Waals surface area contributed by atoms with E-state index in [0.29, 0.717) is 11.8 Å². The Morgan fingerprint density at radius 1 is 1.13 bits per heavy atom. The molecule has 1 atom stereocenters. The molecule has 2 aromatic carbocycles. The van der Waals surface area contributed by atoms with Gasteiger partial charge in [0, 0.05) is 11.8 Å². The van der Waals surface area contributed by atoms with Crippen LogP contribution in [0.4, 0.5) is 14.5 Å². The molecule has 0 bridgehead atoms. The van der Waals surface area contributed by atoms with Crippen LogP contribution in [-0.4, -0.2) is 18.0 Å². The number of benzene rings is 2. The largest absolute Gasteiger partial charge is 0.449 e. The Hall–Kier alpha value is -2.76. The predicted molar refractivity (Wildman–Crippen MR) is 81.0 cm³/mol. The Morgan fingerprint density at radius 3 is 2.52 bits per heavy atom. The zero-order valence-electron chi connectivity index (χ0n) is 12.6. The summed E-state index contributed by atoms with van der Waals surface area (Å²) in [5.41, 5.74) is 1.09. The molecule has 0 heterocycles. The van der Waals surface area contributed by atoms with Gasteiger partial charge in [0.2, 0.25) is 0 Å². The minimum Gasteiger partial charge on any atom is -0.449 e. The molecule has 1 amide bonds. The number of rotatable bonds is 4. The van der Waals surface area contributed by atoms with Crippen molar-refractivity contribution in [2.24, 2.45) is 0 Å². The van der Waals surface area contributed by atoms with Crippen molar-refractivity contribution < 1.29 is 23.1 Å². The SMILES string of the molecule is Cc1cccc(NC(=O)[C@H](C)OC(=O)c2ccc(F)cc2F)c1. The highest BCUT2D eigenvalue weighted by molar-refractivity contribution is 5.97. The van der Waals surface area contributed by atoms with Crippen LogP contribution in [0.25, 0.3) is 0 Å². The normalized spacial score (nSPS) is 11.7. The molecule has 0 spiro atoms. The summed E-state index contributed by atoms with van der Waals surface area (Å²) in [5, 5.41) is 2.59. The van der Waals surface area contributed by atoms with Gasteiger partial charge < -0.3 is 10.1 Å². The van der Waals surface area contributed by atoms with Gasteiger partial charge in [0.25, 0.3) is 5.91 Å². The molecule has 23 heavy (non-hydrogen) atoms. The van der Waals surface area contributed by atoms with Crippen molar-refractivity contribution in [2.75, 3.05) is 5.32 Å². The maximum absolute atomic E-state index is 13.5. The number of hydrogen-bond acceptors (Lipinski definition) is 3. The van der Waals surface area contributed by atoms with Crippen molar-refractivity contribution in [3.63, 3.8) is 0 Å². The second-order valence-corrected chi connectivity index (χ2v) is 5.03. The predicted octanol–water partition coefficient (Wildman–Crippen LogP) is 3.46. The van der Waals surface area contributed by atoms with Gasteiger partial charge in [-0.3, -0.25) is 4.79 Å². The van der Waals surface area contributed by atoms with Gasteiger partial charge in [-0.25, -0.2) is 13.6 Å². The van der Waals surface area contributed by atoms with Crippen LogP contribution in [0.5, 0.6) is 0 Å². The molecular formula is C17H15F2NO3. The molecule has 2 aromatic rings. The first kappa shape index (κ1) is 16.6. The van der Waals surface area contributed by atoms with Gasteiger partial charge in [0.05, 0.1) is 5.56 Å². The van der Waals surface area contributed by atoms with E-state index in [0.717, 1.165) is 17.7 Å². The molecule has 0 saturated heterocycles. The molecule has 0 unspecified atom stereocenters. The quantitative estimate of drug-likeness (QED) is 0.878. The van der Waals surface area contributed by atoms with Crippen LogP contribution in [0.15, 0.2) is 42.5 Å². The highest BCUT2D eigenvalue weighted by Gasteiger charge is 2.21. The van der Waals surface area contributed by atoms with Crippen LogP contribution in [-0.2, 0) is 9.53 Å². The number of amides is 1. The average molecular weight is 319 g/mol. The summed E-state index contributed by atoms with van der Waals surface area (Å²) in [6.07, 6.45) is -1.13. The first-order valence-electron chi connectivity index (χ1n) is 6.90. The fraction of sp³-hybridized carbons (Fsp3) is 0.176. The third kappa shape index (κ3) is 4.35. The third-order valence-electron chi connectivity index (χ3n) is 3.09. The third-order valence-corrected chi connectivity index (χ3v) is 3.09. The van der Waals surface area contributed by atoms with Crippen molar-refractivity contribution in [3.8, 4) is 0 Å². The number of hydrogen-bond donors (Lipinski definition) is 1. The average Bonchev–Trinajstić information content (AvgIpc) is 2.46. The molecule has 1 N–H and O–H groups in total. The molecule has 0 aliphatic carbocycles. The Morgan fingerprint density at radius 2 is 1.87 bits per heavy atom. The molecule has 120 valence electrons. The first-order valence-corrected chi connectivity index (χ1v) is 6.90. The summed E-state index contributed by atoms with van der Waals surface area (Å²) in [5.74, 6) is -3.42. The van der Waals surface area contributed by atoms with Crippen LogP contribution in [0.2, 0.25) is 0 Å². The molecule has 0 saturated carbocycles. The van der Waals surface area contributed by atoms with Gasteiger partial charge in [0.1, 0.15) is 11.6 Å². The summed E-state index contributed by atoms with van der Waals surface area (Å²) in [6, 6.07) is 9.58. The van der Waals surface area contributed by atoms with E-state index in [2.05, 4.69) is 5.32 Å². The maximum Gasteiger partial charge on any atom is 0.341 e. The van der Waals surface area contributed by atoms with Gasteiger partial charge >= 0.3 is 5.97 Å². The van der Waals surface area contributed by atoms with Gasteiger partial charge in [-0.05, 0) is 43.7 Å². The Bertz CT molecular complexity index is 746. The number of ether oxygens (including phenoxy) is 1. The summed E-state index contributed by atoms with van der Waals surface area (Å²) in [6.45, 7) is 3.24. The molecule has 0 radical (unpaired) electrons. The van der Waals surface area contributed by atoms with E-state index >= 15 is 0 Å². The standard InChI is InChI=1S/C17H15F2NO3/c1-10-4-3-5-13(8-10)20-16(21)11(2)23-17(22)14-7-6-12(18)9-15(14)19/h3-9,11H,1-2H3,(H,20,21)/t11-/m0/s1. The second-order valence-electron chi connectivity index (χ2n) is 5.03. The molecular weight excluding hydrogens is 304 g/mol. The minimum absolute atomic E-state index is 0.429. The molecule has 6 heteroatoms. The van der Waals surface area contributed by atoms with Crippen molar-refractivity contribution >= 4 is 17.6 Å². The highest BCUT2D eigenvalue weighted by atomic mass is 19.1. The van der Waals surface area contributed by atoms with Crippen molar-refractivity contribution in [3.05, 3.63) is 65.2 Å². The highest BCUT2D eigenvalue weighted by Crippen LogP contribution is 2.13. The Labute approximate surface area is 132 Å². The molecule has 0 fully saturated rings. The summed E-state index contributed by atoms with van der Waals surface area (Å²) in [4.78, 5) is 23.8. The lowest BCUT2D eigenvalue weighted by Crippen LogP contribution is -2.30. The zero-order chi connectivity index (χ0) is 17.0. The summed E-state index contributed by atoms with van der Waals surface area (Å²) >= 11 is 0. The number of esters is 1. The molecule has 2 rings (SSSR count). The Kier molecular flexibility index (Phi) is 5.05.